The molecule has 1 heterocycles. The number of hydrogen-bond acceptors (Lipinski definition) is 4. The summed E-state index contributed by atoms with van der Waals surface area (Å²) in [4.78, 5) is 20.1. The predicted octanol–water partition coefficient (Wildman–Crippen LogP) is 1.81. The number of aryl methyl sites for hydroxylation is 1. The zero-order valence-electron chi connectivity index (χ0n) is 10.9. The van der Waals surface area contributed by atoms with Gasteiger partial charge in [0.1, 0.15) is 11.5 Å². The number of rotatable bonds is 4. The third kappa shape index (κ3) is 2.54. The summed E-state index contributed by atoms with van der Waals surface area (Å²) in [6.07, 6.45) is 0.603. The van der Waals surface area contributed by atoms with Gasteiger partial charge in [0.15, 0.2) is 0 Å². The van der Waals surface area contributed by atoms with Crippen molar-refractivity contribution in [1.82, 2.24) is 9.97 Å². The number of nitrogens with zero attached hydrogens (tertiary/aromatic N) is 2. The summed E-state index contributed by atoms with van der Waals surface area (Å²) < 4.78 is 5.27. The molecule has 5 heteroatoms. The molecule has 0 aliphatic carbocycles. The van der Waals surface area contributed by atoms with Crippen LogP contribution < -0.4 is 10.5 Å². The van der Waals surface area contributed by atoms with E-state index in [9.17, 15) is 4.79 Å². The third-order valence-corrected chi connectivity index (χ3v) is 2.73. The van der Waals surface area contributed by atoms with Crippen molar-refractivity contribution in [2.24, 2.45) is 5.73 Å². The Kier molecular flexibility index (Phi) is 3.75. The lowest BCUT2D eigenvalue weighted by atomic mass is 10.0. The average molecular weight is 257 g/mol. The minimum Gasteiger partial charge on any atom is -0.480 e. The van der Waals surface area contributed by atoms with Gasteiger partial charge in [-0.2, -0.15) is 4.98 Å². The van der Waals surface area contributed by atoms with Crippen LogP contribution in [0.25, 0.3) is 11.1 Å². The van der Waals surface area contributed by atoms with E-state index < -0.39 is 5.91 Å². The van der Waals surface area contributed by atoms with Gasteiger partial charge in [0.2, 0.25) is 5.88 Å². The van der Waals surface area contributed by atoms with E-state index >= 15 is 0 Å². The maximum absolute atomic E-state index is 11.6. The molecule has 0 fully saturated rings. The summed E-state index contributed by atoms with van der Waals surface area (Å²) in [5.41, 5.74) is 6.94. The Morgan fingerprint density at radius 3 is 2.47 bits per heavy atom. The van der Waals surface area contributed by atoms with Gasteiger partial charge >= 0.3 is 0 Å². The minimum absolute atomic E-state index is 0.190. The van der Waals surface area contributed by atoms with E-state index in [4.69, 9.17) is 10.5 Å². The minimum atomic E-state index is -0.589. The summed E-state index contributed by atoms with van der Waals surface area (Å²) in [6, 6.07) is 9.35. The van der Waals surface area contributed by atoms with E-state index in [-0.39, 0.29) is 5.69 Å². The van der Waals surface area contributed by atoms with Crippen LogP contribution >= 0.6 is 0 Å². The van der Waals surface area contributed by atoms with Crippen LogP contribution in [-0.2, 0) is 6.42 Å². The number of hydrogen-bond donors (Lipinski definition) is 1. The number of amides is 1. The molecular formula is C14H15N3O2. The van der Waals surface area contributed by atoms with Crippen LogP contribution in [0.5, 0.6) is 5.88 Å². The summed E-state index contributed by atoms with van der Waals surface area (Å²) in [5, 5.41) is 0. The lowest BCUT2D eigenvalue weighted by Crippen LogP contribution is -2.17. The molecule has 0 saturated heterocycles. The summed E-state index contributed by atoms with van der Waals surface area (Å²) in [7, 11) is 1.51. The molecule has 98 valence electrons. The molecule has 2 rings (SSSR count). The Morgan fingerprint density at radius 1 is 1.26 bits per heavy atom. The number of ether oxygens (including phenoxy) is 1. The number of primary amides is 1. The SMILES string of the molecule is CCc1nc(OC)c(-c2ccccc2)c(C(N)=O)n1. The Morgan fingerprint density at radius 2 is 1.95 bits per heavy atom. The second-order valence-electron chi connectivity index (χ2n) is 3.96. The zero-order valence-corrected chi connectivity index (χ0v) is 10.9. The first kappa shape index (κ1) is 13.0. The van der Waals surface area contributed by atoms with Crippen LogP contribution in [0, 0.1) is 0 Å². The molecule has 1 aromatic heterocycles. The fourth-order valence-corrected chi connectivity index (χ4v) is 1.83. The maximum atomic E-state index is 11.6. The first-order valence-corrected chi connectivity index (χ1v) is 5.97. The first-order valence-electron chi connectivity index (χ1n) is 5.97. The topological polar surface area (TPSA) is 78.1 Å². The van der Waals surface area contributed by atoms with E-state index in [0.29, 0.717) is 23.7 Å². The fraction of sp³-hybridized carbons (Fsp3) is 0.214. The first-order chi connectivity index (χ1) is 9.17. The zero-order chi connectivity index (χ0) is 13.8. The summed E-state index contributed by atoms with van der Waals surface area (Å²) in [5.74, 6) is 0.312. The molecule has 1 amide bonds. The molecule has 5 nitrogen and oxygen atoms in total. The van der Waals surface area contributed by atoms with Crippen LogP contribution in [0.2, 0.25) is 0 Å². The van der Waals surface area contributed by atoms with Crippen molar-refractivity contribution in [1.29, 1.82) is 0 Å². The van der Waals surface area contributed by atoms with Crippen LogP contribution in [-0.4, -0.2) is 23.0 Å². The summed E-state index contributed by atoms with van der Waals surface area (Å²) in [6.45, 7) is 1.90. The molecular weight excluding hydrogens is 242 g/mol. The average Bonchev–Trinajstić information content (AvgIpc) is 2.46. The highest BCUT2D eigenvalue weighted by atomic mass is 16.5. The molecule has 0 aliphatic heterocycles. The van der Waals surface area contributed by atoms with Gasteiger partial charge in [0, 0.05) is 6.42 Å². The van der Waals surface area contributed by atoms with Crippen molar-refractivity contribution >= 4 is 5.91 Å². The number of carbonyl (C=O) groups is 1. The quantitative estimate of drug-likeness (QED) is 0.906. The molecule has 0 aliphatic rings. The van der Waals surface area contributed by atoms with Crippen molar-refractivity contribution < 1.29 is 9.53 Å². The molecule has 0 radical (unpaired) electrons. The second kappa shape index (κ2) is 5.48. The van der Waals surface area contributed by atoms with Crippen LogP contribution in [0.4, 0.5) is 0 Å². The van der Waals surface area contributed by atoms with Crippen molar-refractivity contribution in [3.8, 4) is 17.0 Å². The smallest absolute Gasteiger partial charge is 0.268 e. The van der Waals surface area contributed by atoms with Crippen molar-refractivity contribution in [2.75, 3.05) is 7.11 Å². The van der Waals surface area contributed by atoms with E-state index in [2.05, 4.69) is 9.97 Å². The molecule has 0 atom stereocenters. The number of nitrogens with two attached hydrogens (primary N) is 1. The number of aromatic nitrogens is 2. The van der Waals surface area contributed by atoms with Gasteiger partial charge in [0.25, 0.3) is 5.91 Å². The predicted molar refractivity (Wildman–Crippen MR) is 71.9 cm³/mol. The maximum Gasteiger partial charge on any atom is 0.268 e. The van der Waals surface area contributed by atoms with Crippen LogP contribution in [0.15, 0.2) is 30.3 Å². The van der Waals surface area contributed by atoms with Gasteiger partial charge < -0.3 is 10.5 Å². The number of carbonyl (C=O) groups excluding carboxylic acids is 1. The Balaban J connectivity index is 2.73. The van der Waals surface area contributed by atoms with E-state index in [1.165, 1.54) is 7.11 Å². The lowest BCUT2D eigenvalue weighted by molar-refractivity contribution is 0.0995. The largest absolute Gasteiger partial charge is 0.480 e. The van der Waals surface area contributed by atoms with Gasteiger partial charge in [-0.3, -0.25) is 4.79 Å². The van der Waals surface area contributed by atoms with E-state index in [1.807, 2.05) is 37.3 Å². The van der Waals surface area contributed by atoms with Crippen molar-refractivity contribution in [2.45, 2.75) is 13.3 Å². The summed E-state index contributed by atoms with van der Waals surface area (Å²) >= 11 is 0. The standard InChI is InChI=1S/C14H15N3O2/c1-3-10-16-12(13(15)18)11(14(17-10)19-2)9-7-5-4-6-8-9/h4-8H,3H2,1-2H3,(H2,15,18). The highest BCUT2D eigenvalue weighted by Crippen LogP contribution is 2.30. The number of methoxy groups -OCH3 is 1. The van der Waals surface area contributed by atoms with Crippen molar-refractivity contribution in [3.05, 3.63) is 41.9 Å². The third-order valence-electron chi connectivity index (χ3n) is 2.73. The van der Waals surface area contributed by atoms with Gasteiger partial charge in [-0.15, -0.1) is 0 Å². The Hall–Kier alpha value is -2.43. The molecule has 0 bridgehead atoms. The van der Waals surface area contributed by atoms with Gasteiger partial charge in [-0.25, -0.2) is 4.98 Å². The van der Waals surface area contributed by atoms with Crippen LogP contribution in [0.3, 0.4) is 0 Å². The van der Waals surface area contributed by atoms with Gasteiger partial charge in [-0.05, 0) is 5.56 Å². The normalized spacial score (nSPS) is 10.2. The van der Waals surface area contributed by atoms with Crippen LogP contribution in [0.1, 0.15) is 23.2 Å². The van der Waals surface area contributed by atoms with E-state index in [0.717, 1.165) is 5.56 Å². The highest BCUT2D eigenvalue weighted by Gasteiger charge is 2.19. The fourth-order valence-electron chi connectivity index (χ4n) is 1.83. The molecule has 1 aromatic carbocycles. The highest BCUT2D eigenvalue weighted by molar-refractivity contribution is 5.99. The van der Waals surface area contributed by atoms with Crippen molar-refractivity contribution in [3.63, 3.8) is 0 Å². The second-order valence-corrected chi connectivity index (χ2v) is 3.96. The van der Waals surface area contributed by atoms with Gasteiger partial charge in [0.05, 0.1) is 12.7 Å². The molecule has 0 saturated carbocycles. The molecule has 2 aromatic rings. The Labute approximate surface area is 111 Å². The molecule has 0 spiro atoms. The monoisotopic (exact) mass is 257 g/mol. The molecule has 19 heavy (non-hydrogen) atoms. The van der Waals surface area contributed by atoms with E-state index in [1.54, 1.807) is 0 Å². The lowest BCUT2D eigenvalue weighted by Gasteiger charge is -2.12. The number of benzene rings is 1. The Bertz CT molecular complexity index is 597. The van der Waals surface area contributed by atoms with Gasteiger partial charge in [-0.1, -0.05) is 37.3 Å². The molecule has 0 unspecified atom stereocenters. The molecule has 2 N–H and O–H groups in total.